The monoisotopic (exact) mass is 369 g/mol. The first kappa shape index (κ1) is 17.7. The minimum Gasteiger partial charge on any atom is -0.337 e. The molecular formula is C21H27N3OS. The Bertz CT molecular complexity index is 806. The summed E-state index contributed by atoms with van der Waals surface area (Å²) < 4.78 is 1.93. The highest BCUT2D eigenvalue weighted by molar-refractivity contribution is 8.00. The summed E-state index contributed by atoms with van der Waals surface area (Å²) in [6.45, 7) is 3.82. The standard InChI is InChI=1S/C21H27N3OS/c1-15-6-5-7-17(14-15)26-16-10-12-24(13-11-16)21(25)20-18-8-3-4-9-19(18)23(2)22-20/h5-7,14,16H,3-4,8-13H2,1-2H3. The Morgan fingerprint density at radius 2 is 1.96 bits per heavy atom. The van der Waals surface area contributed by atoms with E-state index in [1.54, 1.807) is 0 Å². The van der Waals surface area contributed by atoms with Gasteiger partial charge in [-0.25, -0.2) is 0 Å². The number of rotatable bonds is 3. The van der Waals surface area contributed by atoms with Crippen LogP contribution in [0, 0.1) is 6.92 Å². The van der Waals surface area contributed by atoms with E-state index in [0.717, 1.165) is 38.8 Å². The van der Waals surface area contributed by atoms with E-state index in [2.05, 4.69) is 36.3 Å². The topological polar surface area (TPSA) is 38.1 Å². The Hall–Kier alpha value is -1.75. The van der Waals surface area contributed by atoms with Crippen LogP contribution in [0.25, 0.3) is 0 Å². The fourth-order valence-electron chi connectivity index (χ4n) is 4.15. The van der Waals surface area contributed by atoms with E-state index in [0.29, 0.717) is 10.9 Å². The maximum atomic E-state index is 13.0. The third-order valence-corrected chi connectivity index (χ3v) is 6.92. The number of aryl methyl sites for hydroxylation is 2. The van der Waals surface area contributed by atoms with Gasteiger partial charge in [-0.3, -0.25) is 9.48 Å². The van der Waals surface area contributed by atoms with Crippen molar-refractivity contribution in [2.24, 2.45) is 7.05 Å². The van der Waals surface area contributed by atoms with Crippen LogP contribution in [0.4, 0.5) is 0 Å². The fraction of sp³-hybridized carbons (Fsp3) is 0.524. The number of hydrogen-bond acceptors (Lipinski definition) is 3. The molecule has 1 fully saturated rings. The van der Waals surface area contributed by atoms with Crippen LogP contribution >= 0.6 is 11.8 Å². The summed E-state index contributed by atoms with van der Waals surface area (Å²) in [5.41, 5.74) is 4.50. The highest BCUT2D eigenvalue weighted by Crippen LogP contribution is 2.32. The largest absolute Gasteiger partial charge is 0.337 e. The summed E-state index contributed by atoms with van der Waals surface area (Å²) in [7, 11) is 1.98. The van der Waals surface area contributed by atoms with Gasteiger partial charge in [0.2, 0.25) is 0 Å². The first-order valence-electron chi connectivity index (χ1n) is 9.69. The van der Waals surface area contributed by atoms with Gasteiger partial charge in [0.25, 0.3) is 5.91 Å². The van der Waals surface area contributed by atoms with E-state index in [-0.39, 0.29) is 5.91 Å². The molecule has 5 heteroatoms. The predicted molar refractivity (Wildman–Crippen MR) is 106 cm³/mol. The average molecular weight is 370 g/mol. The van der Waals surface area contributed by atoms with E-state index in [4.69, 9.17) is 0 Å². The molecule has 2 heterocycles. The van der Waals surface area contributed by atoms with Gasteiger partial charge in [-0.2, -0.15) is 5.10 Å². The molecule has 0 bridgehead atoms. The normalized spacial score (nSPS) is 18.0. The third-order valence-electron chi connectivity index (χ3n) is 5.59. The van der Waals surface area contributed by atoms with Crippen molar-refractivity contribution in [3.05, 3.63) is 46.8 Å². The number of carbonyl (C=O) groups excluding carboxylic acids is 1. The first-order valence-corrected chi connectivity index (χ1v) is 10.6. The molecule has 2 aromatic rings. The number of nitrogens with zero attached hydrogens (tertiary/aromatic N) is 3. The Morgan fingerprint density at radius 3 is 2.73 bits per heavy atom. The number of fused-ring (bicyclic) bond motifs is 1. The Balaban J connectivity index is 1.40. The number of amides is 1. The number of carbonyl (C=O) groups is 1. The lowest BCUT2D eigenvalue weighted by molar-refractivity contribution is 0.0719. The Kier molecular flexibility index (Phi) is 5.07. The lowest BCUT2D eigenvalue weighted by Gasteiger charge is -2.31. The smallest absolute Gasteiger partial charge is 0.274 e. The van der Waals surface area contributed by atoms with E-state index in [1.807, 2.05) is 28.4 Å². The number of hydrogen-bond donors (Lipinski definition) is 0. The molecular weight excluding hydrogens is 342 g/mol. The van der Waals surface area contributed by atoms with Gasteiger partial charge in [-0.05, 0) is 57.6 Å². The number of aromatic nitrogens is 2. The molecule has 2 aliphatic rings. The molecule has 1 aromatic carbocycles. The van der Waals surface area contributed by atoms with Crippen molar-refractivity contribution in [3.63, 3.8) is 0 Å². The van der Waals surface area contributed by atoms with E-state index >= 15 is 0 Å². The van der Waals surface area contributed by atoms with Crippen molar-refractivity contribution < 1.29 is 4.79 Å². The van der Waals surface area contributed by atoms with E-state index < -0.39 is 0 Å². The molecule has 0 atom stereocenters. The quantitative estimate of drug-likeness (QED) is 0.821. The zero-order chi connectivity index (χ0) is 18.1. The molecule has 0 unspecified atom stereocenters. The molecule has 138 valence electrons. The zero-order valence-electron chi connectivity index (χ0n) is 15.7. The minimum absolute atomic E-state index is 0.141. The van der Waals surface area contributed by atoms with Crippen LogP contribution in [-0.4, -0.2) is 38.9 Å². The molecule has 0 spiro atoms. The summed E-state index contributed by atoms with van der Waals surface area (Å²) in [5, 5.41) is 5.18. The molecule has 1 saturated heterocycles. The van der Waals surface area contributed by atoms with Gasteiger partial charge < -0.3 is 4.90 Å². The van der Waals surface area contributed by atoms with Gasteiger partial charge in [-0.1, -0.05) is 17.7 Å². The molecule has 0 N–H and O–H groups in total. The van der Waals surface area contributed by atoms with Crippen LogP contribution in [0.15, 0.2) is 29.2 Å². The maximum Gasteiger partial charge on any atom is 0.274 e. The van der Waals surface area contributed by atoms with Crippen LogP contribution < -0.4 is 0 Å². The van der Waals surface area contributed by atoms with Gasteiger partial charge in [0.05, 0.1) is 0 Å². The van der Waals surface area contributed by atoms with Crippen molar-refractivity contribution in [2.75, 3.05) is 13.1 Å². The molecule has 4 rings (SSSR count). The third kappa shape index (κ3) is 3.54. The number of likely N-dealkylation sites (tertiary alicyclic amines) is 1. The van der Waals surface area contributed by atoms with Crippen molar-refractivity contribution in [2.45, 2.75) is 55.6 Å². The number of benzene rings is 1. The zero-order valence-corrected chi connectivity index (χ0v) is 16.5. The van der Waals surface area contributed by atoms with Crippen molar-refractivity contribution in [3.8, 4) is 0 Å². The van der Waals surface area contributed by atoms with Crippen LogP contribution in [0.3, 0.4) is 0 Å². The summed E-state index contributed by atoms with van der Waals surface area (Å²) in [6, 6.07) is 8.71. The highest BCUT2D eigenvalue weighted by Gasteiger charge is 2.29. The van der Waals surface area contributed by atoms with Gasteiger partial charge >= 0.3 is 0 Å². The second-order valence-corrected chi connectivity index (χ2v) is 8.90. The molecule has 1 aromatic heterocycles. The van der Waals surface area contributed by atoms with Crippen LogP contribution in [0.2, 0.25) is 0 Å². The van der Waals surface area contributed by atoms with Crippen molar-refractivity contribution >= 4 is 17.7 Å². The second-order valence-electron chi connectivity index (χ2n) is 7.53. The minimum atomic E-state index is 0.141. The first-order chi connectivity index (χ1) is 12.6. The lowest BCUT2D eigenvalue weighted by Crippen LogP contribution is -2.40. The molecule has 0 radical (unpaired) electrons. The summed E-state index contributed by atoms with van der Waals surface area (Å²) in [4.78, 5) is 16.4. The average Bonchev–Trinajstić information content (AvgIpc) is 2.99. The van der Waals surface area contributed by atoms with Crippen molar-refractivity contribution in [1.82, 2.24) is 14.7 Å². The van der Waals surface area contributed by atoms with Crippen LogP contribution in [-0.2, 0) is 19.9 Å². The molecule has 1 amide bonds. The Morgan fingerprint density at radius 1 is 1.19 bits per heavy atom. The molecule has 0 saturated carbocycles. The lowest BCUT2D eigenvalue weighted by atomic mass is 9.95. The SMILES string of the molecule is Cc1cccc(SC2CCN(C(=O)c3nn(C)c4c3CCCC4)CC2)c1. The van der Waals surface area contributed by atoms with Gasteiger partial charge in [0.15, 0.2) is 5.69 Å². The van der Waals surface area contributed by atoms with Gasteiger partial charge in [-0.15, -0.1) is 11.8 Å². The van der Waals surface area contributed by atoms with Gasteiger partial charge in [0, 0.05) is 41.5 Å². The van der Waals surface area contributed by atoms with Crippen LogP contribution in [0.5, 0.6) is 0 Å². The fourth-order valence-corrected chi connectivity index (χ4v) is 5.39. The number of piperidine rings is 1. The molecule has 1 aliphatic carbocycles. The Labute approximate surface area is 160 Å². The van der Waals surface area contributed by atoms with Crippen LogP contribution in [0.1, 0.15) is 53.0 Å². The van der Waals surface area contributed by atoms with Gasteiger partial charge in [0.1, 0.15) is 0 Å². The van der Waals surface area contributed by atoms with E-state index in [9.17, 15) is 4.79 Å². The van der Waals surface area contributed by atoms with Crippen molar-refractivity contribution in [1.29, 1.82) is 0 Å². The summed E-state index contributed by atoms with van der Waals surface area (Å²) in [5.74, 6) is 0.141. The highest BCUT2D eigenvalue weighted by atomic mass is 32.2. The maximum absolute atomic E-state index is 13.0. The summed E-state index contributed by atoms with van der Waals surface area (Å²) in [6.07, 6.45) is 6.56. The molecule has 4 nitrogen and oxygen atoms in total. The second kappa shape index (κ2) is 7.47. The predicted octanol–water partition coefficient (Wildman–Crippen LogP) is 4.00. The molecule has 26 heavy (non-hydrogen) atoms. The van der Waals surface area contributed by atoms with E-state index in [1.165, 1.54) is 34.6 Å². The summed E-state index contributed by atoms with van der Waals surface area (Å²) >= 11 is 1.96. The molecule has 1 aliphatic heterocycles. The number of thioether (sulfide) groups is 1.